The van der Waals surface area contributed by atoms with Crippen molar-refractivity contribution in [1.82, 2.24) is 10.2 Å². The molecule has 3 aromatic rings. The number of carbonyl (C=O) groups excluding carboxylic acids is 1. The molecule has 9 heteroatoms. The summed E-state index contributed by atoms with van der Waals surface area (Å²) < 4.78 is 5.66. The van der Waals surface area contributed by atoms with Crippen LogP contribution in [0.3, 0.4) is 0 Å². The molecule has 0 spiro atoms. The van der Waals surface area contributed by atoms with Crippen LogP contribution in [0.1, 0.15) is 10.6 Å². The number of likely N-dealkylation sites (N-methyl/N-ethyl adjacent to an activating group) is 1. The summed E-state index contributed by atoms with van der Waals surface area (Å²) in [5.74, 6) is 0.242. The third-order valence-corrected chi connectivity index (χ3v) is 5.96. The lowest BCUT2D eigenvalue weighted by Crippen LogP contribution is -2.44. The van der Waals surface area contributed by atoms with Crippen LogP contribution < -0.4 is 15.5 Å². The molecule has 4 rings (SSSR count). The van der Waals surface area contributed by atoms with Crippen molar-refractivity contribution in [3.05, 3.63) is 70.4 Å². The van der Waals surface area contributed by atoms with Crippen LogP contribution in [0.2, 0.25) is 10.0 Å². The molecule has 1 aliphatic heterocycles. The predicted octanol–water partition coefficient (Wildman–Crippen LogP) is 5.13. The highest BCUT2D eigenvalue weighted by Crippen LogP contribution is 2.30. The van der Waals surface area contributed by atoms with Gasteiger partial charge in [-0.2, -0.15) is 0 Å². The number of benzene rings is 2. The lowest BCUT2D eigenvalue weighted by Gasteiger charge is -2.34. The van der Waals surface area contributed by atoms with Gasteiger partial charge in [0, 0.05) is 42.5 Å². The minimum Gasteiger partial charge on any atom is -0.451 e. The summed E-state index contributed by atoms with van der Waals surface area (Å²) in [6.07, 6.45) is 0. The smallest absolute Gasteiger partial charge is 0.293 e. The number of nitrogens with one attached hydrogen (secondary N) is 2. The molecule has 6 nitrogen and oxygen atoms in total. The van der Waals surface area contributed by atoms with Crippen LogP contribution in [0.15, 0.2) is 59.0 Å². The molecule has 1 aliphatic rings. The van der Waals surface area contributed by atoms with Gasteiger partial charge in [0.05, 0.1) is 10.7 Å². The number of hydrogen-bond donors (Lipinski definition) is 2. The van der Waals surface area contributed by atoms with Crippen molar-refractivity contribution in [3.8, 4) is 11.3 Å². The first kappa shape index (κ1) is 22.6. The molecule has 2 N–H and O–H groups in total. The monoisotopic (exact) mass is 488 g/mol. The quantitative estimate of drug-likeness (QED) is 0.496. The fourth-order valence-electron chi connectivity index (χ4n) is 3.47. The van der Waals surface area contributed by atoms with Crippen LogP contribution in [-0.4, -0.2) is 49.1 Å². The number of carbonyl (C=O) groups is 1. The second kappa shape index (κ2) is 9.92. The molecule has 1 amide bonds. The first-order valence-electron chi connectivity index (χ1n) is 10.1. The van der Waals surface area contributed by atoms with E-state index in [9.17, 15) is 4.79 Å². The number of piperazine rings is 1. The van der Waals surface area contributed by atoms with Crippen LogP contribution in [0.4, 0.5) is 11.4 Å². The van der Waals surface area contributed by atoms with E-state index in [4.69, 9.17) is 39.8 Å². The van der Waals surface area contributed by atoms with Gasteiger partial charge in [-0.25, -0.2) is 0 Å². The van der Waals surface area contributed by atoms with Crippen LogP contribution in [0, 0.1) is 0 Å². The largest absolute Gasteiger partial charge is 0.451 e. The van der Waals surface area contributed by atoms with Crippen molar-refractivity contribution in [3.63, 3.8) is 0 Å². The van der Waals surface area contributed by atoms with Gasteiger partial charge in [0.1, 0.15) is 5.76 Å². The van der Waals surface area contributed by atoms with E-state index in [-0.39, 0.29) is 10.9 Å². The molecule has 0 bridgehead atoms. The van der Waals surface area contributed by atoms with Gasteiger partial charge < -0.3 is 19.5 Å². The van der Waals surface area contributed by atoms with Crippen LogP contribution >= 0.6 is 35.4 Å². The lowest BCUT2D eigenvalue weighted by atomic mass is 10.2. The minimum absolute atomic E-state index is 0.146. The highest BCUT2D eigenvalue weighted by molar-refractivity contribution is 7.80. The fraction of sp³-hybridized carbons (Fsp3) is 0.217. The van der Waals surface area contributed by atoms with Gasteiger partial charge in [0.2, 0.25) is 0 Å². The average Bonchev–Trinajstić information content (AvgIpc) is 3.25. The number of anilines is 2. The van der Waals surface area contributed by atoms with Gasteiger partial charge in [-0.1, -0.05) is 35.3 Å². The number of hydrogen-bond acceptors (Lipinski definition) is 5. The van der Waals surface area contributed by atoms with Gasteiger partial charge in [-0.15, -0.1) is 0 Å². The summed E-state index contributed by atoms with van der Waals surface area (Å²) in [6.45, 7) is 3.85. The summed E-state index contributed by atoms with van der Waals surface area (Å²) in [6, 6.07) is 16.2. The van der Waals surface area contributed by atoms with E-state index in [0.29, 0.717) is 21.5 Å². The average molecular weight is 489 g/mol. The highest BCUT2D eigenvalue weighted by Gasteiger charge is 2.18. The summed E-state index contributed by atoms with van der Waals surface area (Å²) in [7, 11) is 2.11. The zero-order valence-corrected chi connectivity index (χ0v) is 19.7. The Balaban J connectivity index is 1.36. The van der Waals surface area contributed by atoms with E-state index >= 15 is 0 Å². The molecule has 0 atom stereocenters. The van der Waals surface area contributed by atoms with E-state index < -0.39 is 5.91 Å². The fourth-order valence-corrected chi connectivity index (χ4v) is 4.17. The maximum atomic E-state index is 12.5. The van der Waals surface area contributed by atoms with E-state index in [1.807, 2.05) is 24.3 Å². The Kier molecular flexibility index (Phi) is 7.01. The summed E-state index contributed by atoms with van der Waals surface area (Å²) >= 11 is 17.8. The second-order valence-electron chi connectivity index (χ2n) is 7.54. The minimum atomic E-state index is -0.448. The van der Waals surface area contributed by atoms with Crippen molar-refractivity contribution in [2.24, 2.45) is 0 Å². The Morgan fingerprint density at radius 2 is 1.81 bits per heavy atom. The van der Waals surface area contributed by atoms with Crippen molar-refractivity contribution < 1.29 is 9.21 Å². The molecule has 2 heterocycles. The number of nitrogens with zero attached hydrogens (tertiary/aromatic N) is 2. The maximum Gasteiger partial charge on any atom is 0.293 e. The van der Waals surface area contributed by atoms with Crippen LogP contribution in [0.25, 0.3) is 11.3 Å². The first-order valence-corrected chi connectivity index (χ1v) is 11.3. The molecule has 1 aromatic heterocycles. The Bertz CT molecular complexity index is 1140. The first-order chi connectivity index (χ1) is 15.4. The van der Waals surface area contributed by atoms with Crippen molar-refractivity contribution in [2.75, 3.05) is 43.4 Å². The second-order valence-corrected chi connectivity index (χ2v) is 8.79. The van der Waals surface area contributed by atoms with Crippen molar-refractivity contribution >= 4 is 57.8 Å². The third-order valence-electron chi connectivity index (χ3n) is 5.22. The van der Waals surface area contributed by atoms with Crippen molar-refractivity contribution in [1.29, 1.82) is 0 Å². The molecule has 166 valence electrons. The van der Waals surface area contributed by atoms with Crippen LogP contribution in [0.5, 0.6) is 0 Å². The normalized spacial score (nSPS) is 14.3. The molecule has 0 radical (unpaired) electrons. The Morgan fingerprint density at radius 1 is 1.03 bits per heavy atom. The summed E-state index contributed by atoms with van der Waals surface area (Å²) in [4.78, 5) is 17.1. The Morgan fingerprint density at radius 3 is 2.53 bits per heavy atom. The van der Waals surface area contributed by atoms with E-state index in [1.165, 1.54) is 0 Å². The van der Waals surface area contributed by atoms with Gasteiger partial charge in [-0.3, -0.25) is 10.1 Å². The SMILES string of the molecule is CN1CCN(c2ccc(NC(=S)NC(=O)c3ccc(-c4cccc(Cl)c4)o3)cc2Cl)CC1. The number of furan rings is 1. The standard InChI is InChI=1S/C23H22Cl2N4O2S/c1-28-9-11-29(12-10-28)19-6-5-17(14-18(19)25)26-23(32)27-22(30)21-8-7-20(31-21)15-3-2-4-16(24)13-15/h2-8,13-14H,9-12H2,1H3,(H2,26,27,30,32). The molecule has 1 saturated heterocycles. The summed E-state index contributed by atoms with van der Waals surface area (Å²) in [5.41, 5.74) is 2.47. The maximum absolute atomic E-state index is 12.5. The zero-order valence-electron chi connectivity index (χ0n) is 17.4. The zero-order chi connectivity index (χ0) is 22.7. The number of rotatable bonds is 4. The molecule has 1 fully saturated rings. The van der Waals surface area contributed by atoms with Gasteiger partial charge in [0.25, 0.3) is 5.91 Å². The highest BCUT2D eigenvalue weighted by atomic mass is 35.5. The van der Waals surface area contributed by atoms with Gasteiger partial charge >= 0.3 is 0 Å². The Labute approximate surface area is 202 Å². The molecular weight excluding hydrogens is 467 g/mol. The molecule has 32 heavy (non-hydrogen) atoms. The number of amides is 1. The summed E-state index contributed by atoms with van der Waals surface area (Å²) in [5, 5.41) is 6.99. The number of thiocarbonyl (C=S) groups is 1. The molecular formula is C23H22Cl2N4O2S. The van der Waals surface area contributed by atoms with E-state index in [1.54, 1.807) is 30.3 Å². The van der Waals surface area contributed by atoms with Gasteiger partial charge in [0.15, 0.2) is 10.9 Å². The molecule has 0 unspecified atom stereocenters. The molecule has 0 saturated carbocycles. The third kappa shape index (κ3) is 5.42. The van der Waals surface area contributed by atoms with E-state index in [0.717, 1.165) is 37.4 Å². The van der Waals surface area contributed by atoms with E-state index in [2.05, 4.69) is 27.5 Å². The topological polar surface area (TPSA) is 60.8 Å². The molecule has 0 aliphatic carbocycles. The number of halogens is 2. The molecule has 2 aromatic carbocycles. The predicted molar refractivity (Wildman–Crippen MR) is 134 cm³/mol. The lowest BCUT2D eigenvalue weighted by molar-refractivity contribution is 0.0951. The van der Waals surface area contributed by atoms with Gasteiger partial charge in [-0.05, 0) is 61.7 Å². The Hall–Kier alpha value is -2.58. The van der Waals surface area contributed by atoms with Crippen LogP contribution in [-0.2, 0) is 0 Å². The van der Waals surface area contributed by atoms with Crippen molar-refractivity contribution in [2.45, 2.75) is 0 Å².